The van der Waals surface area contributed by atoms with Crippen molar-refractivity contribution in [3.05, 3.63) is 136 Å². The first kappa shape index (κ1) is 93.5. The van der Waals surface area contributed by atoms with Gasteiger partial charge in [0.2, 0.25) is 0 Å². The molecular formula is C78H113Cl2N8O18Pd-. The maximum atomic E-state index is 13.1. The molecule has 0 radical (unpaired) electrons. The summed E-state index contributed by atoms with van der Waals surface area (Å²) in [5.41, 5.74) is 11.4. The van der Waals surface area contributed by atoms with Crippen LogP contribution in [0.1, 0.15) is 194 Å². The van der Waals surface area contributed by atoms with Crippen molar-refractivity contribution in [1.29, 1.82) is 0 Å². The number of nitrogens with one attached hydrogen (secondary N) is 1. The molecule has 5 heterocycles. The van der Waals surface area contributed by atoms with E-state index in [1.165, 1.54) is 34.1 Å². The zero-order valence-electron chi connectivity index (χ0n) is 63.6. The predicted molar refractivity (Wildman–Crippen MR) is 413 cm³/mol. The fraction of sp³-hybridized carbons (Fsp3) is 0.551. The van der Waals surface area contributed by atoms with Crippen LogP contribution in [-0.2, 0) is 29.9 Å². The number of nitrogens with zero attached hydrogens (tertiary/aromatic N) is 6. The number of aliphatic hydroxyl groups is 4. The minimum absolute atomic E-state index is 0. The number of nitro groups is 1. The molecular weight excluding hydrogens is 1510 g/mol. The van der Waals surface area contributed by atoms with Gasteiger partial charge < -0.3 is 81.6 Å². The minimum atomic E-state index is -1.18. The molecule has 0 bridgehead atoms. The standard InChI is InChI=1S/C21H28N2O5.C21H30N2O5.C17H24N2O5.C17H26N2O3.CH2Cl2.CH3.Pd/c1-4-6-11-27-18-13-17-15(12-14(18)3)19(24)22-9-7-8-16(22)20(25)23(17)21(26)28-10-5-2;1-4-6-11-27-19-13-18(22-21(26)28-10-5-2)17(12-15(19)3)20(25)23-9-7-8-16(23)14-24;1-3-4-8-24-16-10-15(19(22)23)14(9-12(16)2)17(21)18-7-5-6-13(18)11-20;1-3-4-8-22-16-10-15(18)14(9-12(16)2)17(21)19-7-5-6-13(19)11-20;2-1-3;;/h5,12-13,16,20,25H,2,4,6-11H2,1,3H3;5,12-13,16,24H,2,4,6-11,14H2,1,3H3,(H,22,26);9-10,13,20H,3-8,11H2,1-2H3;9-10,13,20H,3-8,11,18H2,1-2H3;1H2;1H3;/q;;;;;-1;/t16-,20-;16-;2*13-;;;/m0000.../s1. The van der Waals surface area contributed by atoms with Crippen molar-refractivity contribution in [1.82, 2.24) is 19.6 Å². The summed E-state index contributed by atoms with van der Waals surface area (Å²) in [6.45, 7) is 27.3. The molecule has 5 atom stereocenters. The van der Waals surface area contributed by atoms with Gasteiger partial charge in [-0.15, -0.1) is 23.2 Å². The Morgan fingerprint density at radius 2 is 0.991 bits per heavy atom. The number of halogens is 2. The molecule has 4 aromatic carbocycles. The predicted octanol–water partition coefficient (Wildman–Crippen LogP) is 13.6. The average Bonchev–Trinajstić information content (AvgIpc) is 1.63. The molecule has 4 fully saturated rings. The van der Waals surface area contributed by atoms with Gasteiger partial charge in [-0.1, -0.05) is 78.7 Å². The van der Waals surface area contributed by atoms with Gasteiger partial charge in [0.1, 0.15) is 41.8 Å². The number of nitro benzene ring substituents is 1. The van der Waals surface area contributed by atoms with Crippen molar-refractivity contribution in [2.45, 2.75) is 189 Å². The molecule has 7 N–H and O–H groups in total. The number of alkyl halides is 2. The third-order valence-electron chi connectivity index (χ3n) is 18.5. The monoisotopic (exact) mass is 1630 g/mol. The smallest absolute Gasteiger partial charge is 0.416 e. The van der Waals surface area contributed by atoms with Crippen LogP contribution in [-0.4, -0.2) is 202 Å². The number of carbonyl (C=O) groups is 6. The fourth-order valence-corrected chi connectivity index (χ4v) is 12.7. The van der Waals surface area contributed by atoms with Gasteiger partial charge in [0.05, 0.1) is 115 Å². The van der Waals surface area contributed by atoms with Gasteiger partial charge in [-0.25, -0.2) is 14.5 Å². The van der Waals surface area contributed by atoms with E-state index in [0.29, 0.717) is 122 Å². The van der Waals surface area contributed by atoms with Crippen molar-refractivity contribution in [3.63, 3.8) is 0 Å². The molecule has 0 aliphatic carbocycles. The first-order valence-electron chi connectivity index (χ1n) is 36.5. The minimum Gasteiger partial charge on any atom is -0.493 e. The number of fused-ring (bicyclic) bond motifs is 2. The maximum Gasteiger partial charge on any atom is 0.416 e. The number of amides is 6. The molecule has 6 amide bonds. The first-order valence-corrected chi connectivity index (χ1v) is 37.5. The number of likely N-dealkylation sites (tertiary alicyclic amines) is 3. The summed E-state index contributed by atoms with van der Waals surface area (Å²) in [6, 6.07) is 12.2. The molecule has 0 unspecified atom stereocenters. The fourth-order valence-electron chi connectivity index (χ4n) is 12.7. The van der Waals surface area contributed by atoms with E-state index in [-0.39, 0.29) is 113 Å². The molecule has 9 rings (SSSR count). The summed E-state index contributed by atoms with van der Waals surface area (Å²) in [7, 11) is 0. The normalized spacial score (nSPS) is 17.3. The molecule has 5 aliphatic rings. The molecule has 4 saturated heterocycles. The van der Waals surface area contributed by atoms with Crippen LogP contribution in [0.25, 0.3) is 0 Å². The molecule has 0 spiro atoms. The molecule has 598 valence electrons. The van der Waals surface area contributed by atoms with Gasteiger partial charge in [-0.05, 0) is 151 Å². The van der Waals surface area contributed by atoms with Crippen molar-refractivity contribution >= 4 is 81.8 Å². The largest absolute Gasteiger partial charge is 0.493 e. The van der Waals surface area contributed by atoms with E-state index in [2.05, 4.69) is 39.2 Å². The Morgan fingerprint density at radius 3 is 1.44 bits per heavy atom. The van der Waals surface area contributed by atoms with Crippen molar-refractivity contribution in [2.75, 3.05) is 107 Å². The van der Waals surface area contributed by atoms with Crippen LogP contribution in [0.2, 0.25) is 0 Å². The number of hydrogen-bond donors (Lipinski definition) is 6. The maximum absolute atomic E-state index is 13.1. The van der Waals surface area contributed by atoms with Crippen molar-refractivity contribution in [3.8, 4) is 23.0 Å². The summed E-state index contributed by atoms with van der Waals surface area (Å²) in [6.07, 6.45) is 14.4. The Hall–Kier alpha value is -7.74. The van der Waals surface area contributed by atoms with E-state index >= 15 is 0 Å². The Morgan fingerprint density at radius 1 is 0.598 bits per heavy atom. The Balaban J connectivity index is 0.000000365. The zero-order valence-corrected chi connectivity index (χ0v) is 66.7. The SMILES string of the molecule is C=CCOC(=O)N1c2cc(OCCCC)c(C)cc2C(=O)N2CCC[C@H]2[C@@H]1O.C=CCOC(=O)Nc1cc(OCCCC)c(C)cc1C(=O)N1CCC[C@H]1CO.CCCCOc1cc(N)c(C(=O)N2CCC[C@H]2CO)cc1C.CCCCOc1cc([N+](=O)[O-])c(C(=O)N2CCC[C@H]2CO)cc1C.ClCCl.[CH3-].[Pd]. The molecule has 5 aliphatic heterocycles. The van der Waals surface area contributed by atoms with Gasteiger partial charge >= 0.3 is 12.2 Å². The molecule has 4 aromatic rings. The number of ether oxygens (including phenoxy) is 6. The van der Waals surface area contributed by atoms with E-state index < -0.39 is 35.3 Å². The Kier molecular flexibility index (Phi) is 42.5. The molecule has 107 heavy (non-hydrogen) atoms. The topological polar surface area (TPSA) is 336 Å². The quantitative estimate of drug-likeness (QED) is 0.00450. The summed E-state index contributed by atoms with van der Waals surface area (Å²) in [5.74, 6) is 1.48. The number of aliphatic hydroxyl groups excluding tert-OH is 4. The third-order valence-corrected chi connectivity index (χ3v) is 18.5. The van der Waals surface area contributed by atoms with Gasteiger partial charge in [0, 0.05) is 70.5 Å². The number of nitrogens with two attached hydrogens (primary N) is 1. The van der Waals surface area contributed by atoms with Crippen LogP contribution in [0.3, 0.4) is 0 Å². The molecule has 26 nitrogen and oxygen atoms in total. The van der Waals surface area contributed by atoms with Gasteiger partial charge in [-0.2, -0.15) is 0 Å². The number of rotatable bonds is 28. The van der Waals surface area contributed by atoms with Crippen LogP contribution in [0.4, 0.5) is 32.3 Å². The van der Waals surface area contributed by atoms with E-state index in [0.717, 1.165) is 112 Å². The summed E-state index contributed by atoms with van der Waals surface area (Å²) in [4.78, 5) is 95.1. The number of anilines is 3. The second kappa shape index (κ2) is 48.6. The van der Waals surface area contributed by atoms with E-state index in [1.807, 2.05) is 27.7 Å². The number of benzene rings is 4. The van der Waals surface area contributed by atoms with Crippen LogP contribution >= 0.6 is 23.2 Å². The van der Waals surface area contributed by atoms with Crippen molar-refractivity contribution < 1.29 is 103 Å². The first-order chi connectivity index (χ1) is 50.5. The molecule has 0 saturated carbocycles. The van der Waals surface area contributed by atoms with Gasteiger partial charge in [-0.3, -0.25) is 34.6 Å². The van der Waals surface area contributed by atoms with Crippen LogP contribution in [0.5, 0.6) is 23.0 Å². The van der Waals surface area contributed by atoms with Crippen LogP contribution in [0.15, 0.2) is 73.8 Å². The number of hydrogen-bond acceptors (Lipinski definition) is 19. The Bertz CT molecular complexity index is 3550. The van der Waals surface area contributed by atoms with Gasteiger partial charge in [0.25, 0.3) is 29.3 Å². The van der Waals surface area contributed by atoms with E-state index in [9.17, 15) is 59.3 Å². The van der Waals surface area contributed by atoms with Crippen LogP contribution in [0, 0.1) is 45.2 Å². The second-order valence-electron chi connectivity index (χ2n) is 26.1. The number of nitrogen functional groups attached to an aromatic ring is 1. The summed E-state index contributed by atoms with van der Waals surface area (Å²) >= 11 is 9.53. The molecule has 29 heteroatoms. The number of carbonyl (C=O) groups excluding carboxylic acids is 6. The van der Waals surface area contributed by atoms with E-state index in [1.54, 1.807) is 58.0 Å². The zero-order chi connectivity index (χ0) is 77.3. The third kappa shape index (κ3) is 26.2. The number of unbranched alkanes of at least 4 members (excludes halogenated alkanes) is 4. The summed E-state index contributed by atoms with van der Waals surface area (Å²) < 4.78 is 33.2. The molecule has 0 aromatic heterocycles. The summed E-state index contributed by atoms with van der Waals surface area (Å²) in [5, 5.41) is 53.6. The number of aryl methyl sites for hydroxylation is 4. The van der Waals surface area contributed by atoms with E-state index in [4.69, 9.17) is 57.4 Å². The average molecular weight is 1630 g/mol. The Labute approximate surface area is 654 Å². The van der Waals surface area contributed by atoms with Gasteiger partial charge in [0.15, 0.2) is 6.23 Å². The van der Waals surface area contributed by atoms with Crippen LogP contribution < -0.4 is 34.9 Å². The second-order valence-corrected chi connectivity index (χ2v) is 26.9. The van der Waals surface area contributed by atoms with Crippen molar-refractivity contribution in [2.24, 2.45) is 0 Å².